The quantitative estimate of drug-likeness (QED) is 0.852. The molecule has 1 aliphatic heterocycles. The predicted molar refractivity (Wildman–Crippen MR) is 95.6 cm³/mol. The van der Waals surface area contributed by atoms with E-state index in [0.29, 0.717) is 6.42 Å². The second-order valence-corrected chi connectivity index (χ2v) is 7.21. The molecule has 136 valence electrons. The summed E-state index contributed by atoms with van der Waals surface area (Å²) in [7, 11) is 0. The number of hydrogen-bond acceptors (Lipinski definition) is 3. The molecule has 0 aromatic heterocycles. The normalized spacial score (nSPS) is 20.9. The zero-order chi connectivity index (χ0) is 18.6. The molecule has 1 saturated heterocycles. The Kier molecular flexibility index (Phi) is 5.72. The van der Waals surface area contributed by atoms with Crippen LogP contribution in [0.2, 0.25) is 0 Å². The molecule has 6 heteroatoms. The van der Waals surface area contributed by atoms with Gasteiger partial charge in [-0.25, -0.2) is 9.59 Å². The number of hydrogen-bond donors (Lipinski definition) is 1. The van der Waals surface area contributed by atoms with Gasteiger partial charge in [0.25, 0.3) is 0 Å². The van der Waals surface area contributed by atoms with Gasteiger partial charge in [-0.05, 0) is 32.8 Å². The van der Waals surface area contributed by atoms with Crippen molar-refractivity contribution in [2.45, 2.75) is 44.9 Å². The van der Waals surface area contributed by atoms with Crippen LogP contribution in [0.15, 0.2) is 43.0 Å². The van der Waals surface area contributed by atoms with Crippen molar-refractivity contribution in [3.05, 3.63) is 48.6 Å². The first-order chi connectivity index (χ1) is 11.7. The third kappa shape index (κ3) is 4.98. The molecule has 2 atom stereocenters. The monoisotopic (exact) mass is 346 g/mol. The zero-order valence-corrected chi connectivity index (χ0v) is 15.0. The molecule has 0 saturated carbocycles. The number of ether oxygens (including phenoxy) is 1. The van der Waals surface area contributed by atoms with Gasteiger partial charge in [0.15, 0.2) is 0 Å². The van der Waals surface area contributed by atoms with Crippen LogP contribution < -0.4 is 0 Å². The Morgan fingerprint density at radius 1 is 1.24 bits per heavy atom. The highest BCUT2D eigenvalue weighted by Crippen LogP contribution is 2.22. The van der Waals surface area contributed by atoms with Crippen LogP contribution in [0.25, 0.3) is 0 Å². The average molecular weight is 346 g/mol. The standard InChI is InChI=1S/C19H26N2O4/c1-5-15-12-21(18(24)25-19(2,3)4)16(13-20(15)17(22)23)11-14-9-7-6-8-10-14/h5-10,15-16H,1,11-13H2,2-4H3,(H,22,23). The van der Waals surface area contributed by atoms with Gasteiger partial charge in [0.05, 0.1) is 12.1 Å². The molecule has 0 bridgehead atoms. The smallest absolute Gasteiger partial charge is 0.410 e. The largest absolute Gasteiger partial charge is 0.465 e. The maximum absolute atomic E-state index is 12.7. The lowest BCUT2D eigenvalue weighted by molar-refractivity contribution is -0.00719. The molecule has 1 heterocycles. The third-order valence-electron chi connectivity index (χ3n) is 4.09. The molecule has 1 fully saturated rings. The molecular weight excluding hydrogens is 320 g/mol. The zero-order valence-electron chi connectivity index (χ0n) is 15.0. The van der Waals surface area contributed by atoms with E-state index in [2.05, 4.69) is 6.58 Å². The van der Waals surface area contributed by atoms with Crippen molar-refractivity contribution in [2.24, 2.45) is 0 Å². The lowest BCUT2D eigenvalue weighted by Gasteiger charge is -2.44. The van der Waals surface area contributed by atoms with Gasteiger partial charge in [-0.3, -0.25) is 4.90 Å². The van der Waals surface area contributed by atoms with Crippen LogP contribution in [0.1, 0.15) is 26.3 Å². The van der Waals surface area contributed by atoms with Crippen LogP contribution >= 0.6 is 0 Å². The summed E-state index contributed by atoms with van der Waals surface area (Å²) in [5, 5.41) is 9.48. The minimum Gasteiger partial charge on any atom is -0.465 e. The fourth-order valence-electron chi connectivity index (χ4n) is 2.94. The van der Waals surface area contributed by atoms with E-state index in [9.17, 15) is 14.7 Å². The fourth-order valence-corrected chi connectivity index (χ4v) is 2.94. The summed E-state index contributed by atoms with van der Waals surface area (Å²) >= 11 is 0. The third-order valence-corrected chi connectivity index (χ3v) is 4.09. The van der Waals surface area contributed by atoms with Gasteiger partial charge in [0.2, 0.25) is 0 Å². The first-order valence-electron chi connectivity index (χ1n) is 8.37. The number of amides is 2. The lowest BCUT2D eigenvalue weighted by atomic mass is 10.00. The molecule has 6 nitrogen and oxygen atoms in total. The van der Waals surface area contributed by atoms with E-state index in [1.54, 1.807) is 11.0 Å². The number of piperazine rings is 1. The summed E-state index contributed by atoms with van der Waals surface area (Å²) in [6, 6.07) is 8.99. The van der Waals surface area contributed by atoms with Crippen molar-refractivity contribution < 1.29 is 19.4 Å². The first kappa shape index (κ1) is 18.8. The van der Waals surface area contributed by atoms with Gasteiger partial charge in [-0.1, -0.05) is 36.4 Å². The van der Waals surface area contributed by atoms with E-state index in [1.807, 2.05) is 51.1 Å². The summed E-state index contributed by atoms with van der Waals surface area (Å²) in [4.78, 5) is 27.2. The van der Waals surface area contributed by atoms with E-state index in [4.69, 9.17) is 4.74 Å². The highest BCUT2D eigenvalue weighted by Gasteiger charge is 2.39. The summed E-state index contributed by atoms with van der Waals surface area (Å²) < 4.78 is 5.52. The van der Waals surface area contributed by atoms with Crippen molar-refractivity contribution in [2.75, 3.05) is 13.1 Å². The number of carboxylic acid groups (broad SMARTS) is 1. The minimum atomic E-state index is -1.01. The van der Waals surface area contributed by atoms with Crippen LogP contribution in [0.4, 0.5) is 9.59 Å². The molecule has 2 amide bonds. The predicted octanol–water partition coefficient (Wildman–Crippen LogP) is 3.38. The van der Waals surface area contributed by atoms with Crippen LogP contribution in [0.3, 0.4) is 0 Å². The van der Waals surface area contributed by atoms with Crippen molar-refractivity contribution in [1.29, 1.82) is 0 Å². The van der Waals surface area contributed by atoms with E-state index < -0.39 is 23.8 Å². The van der Waals surface area contributed by atoms with Crippen LogP contribution in [-0.2, 0) is 11.2 Å². The van der Waals surface area contributed by atoms with Gasteiger partial charge in [-0.2, -0.15) is 0 Å². The Bertz CT molecular complexity index is 624. The Balaban J connectivity index is 2.26. The minimum absolute atomic E-state index is 0.222. The number of carbonyl (C=O) groups excluding carboxylic acids is 1. The van der Waals surface area contributed by atoms with Crippen molar-refractivity contribution in [3.63, 3.8) is 0 Å². The Morgan fingerprint density at radius 3 is 2.40 bits per heavy atom. The summed E-state index contributed by atoms with van der Waals surface area (Å²) in [5.41, 5.74) is 0.436. The lowest BCUT2D eigenvalue weighted by Crippen LogP contribution is -2.61. The highest BCUT2D eigenvalue weighted by atomic mass is 16.6. The summed E-state index contributed by atoms with van der Waals surface area (Å²) in [6.45, 7) is 9.62. The topological polar surface area (TPSA) is 70.1 Å². The summed E-state index contributed by atoms with van der Waals surface area (Å²) in [5.74, 6) is 0. The second kappa shape index (κ2) is 7.59. The van der Waals surface area contributed by atoms with Crippen LogP contribution in [-0.4, -0.2) is 57.9 Å². The Hall–Kier alpha value is -2.50. The van der Waals surface area contributed by atoms with Gasteiger partial charge >= 0.3 is 12.2 Å². The van der Waals surface area contributed by atoms with Gasteiger partial charge in [0.1, 0.15) is 5.60 Å². The van der Waals surface area contributed by atoms with E-state index in [1.165, 1.54) is 4.90 Å². The van der Waals surface area contributed by atoms with E-state index in [-0.39, 0.29) is 19.1 Å². The van der Waals surface area contributed by atoms with E-state index in [0.717, 1.165) is 5.56 Å². The maximum atomic E-state index is 12.7. The number of benzene rings is 1. The molecule has 2 unspecified atom stereocenters. The van der Waals surface area contributed by atoms with Crippen LogP contribution in [0, 0.1) is 0 Å². The molecule has 2 rings (SSSR count). The SMILES string of the molecule is C=CC1CN(C(=O)OC(C)(C)C)C(Cc2ccccc2)CN1C(=O)O. The summed E-state index contributed by atoms with van der Waals surface area (Å²) in [6.07, 6.45) is 0.690. The molecular formula is C19H26N2O4. The van der Waals surface area contributed by atoms with Gasteiger partial charge in [-0.15, -0.1) is 6.58 Å². The Labute approximate surface area is 148 Å². The highest BCUT2D eigenvalue weighted by molar-refractivity contribution is 5.71. The fraction of sp³-hybridized carbons (Fsp3) is 0.474. The Morgan fingerprint density at radius 2 is 1.88 bits per heavy atom. The molecule has 0 spiro atoms. The van der Waals surface area contributed by atoms with Crippen LogP contribution in [0.5, 0.6) is 0 Å². The van der Waals surface area contributed by atoms with Gasteiger partial charge in [0, 0.05) is 13.1 Å². The molecule has 1 N–H and O–H groups in total. The molecule has 1 aliphatic rings. The number of nitrogens with zero attached hydrogens (tertiary/aromatic N) is 2. The van der Waals surface area contributed by atoms with E-state index >= 15 is 0 Å². The molecule has 0 aliphatic carbocycles. The maximum Gasteiger partial charge on any atom is 0.410 e. The van der Waals surface area contributed by atoms with Crippen molar-refractivity contribution in [1.82, 2.24) is 9.80 Å². The molecule has 0 radical (unpaired) electrons. The average Bonchev–Trinajstić information content (AvgIpc) is 2.53. The molecule has 1 aromatic rings. The second-order valence-electron chi connectivity index (χ2n) is 7.21. The molecule has 25 heavy (non-hydrogen) atoms. The van der Waals surface area contributed by atoms with Crippen molar-refractivity contribution in [3.8, 4) is 0 Å². The molecule has 1 aromatic carbocycles. The number of carbonyl (C=O) groups is 2. The van der Waals surface area contributed by atoms with Gasteiger partial charge < -0.3 is 14.7 Å². The first-order valence-corrected chi connectivity index (χ1v) is 8.37. The van der Waals surface area contributed by atoms with Crippen molar-refractivity contribution >= 4 is 12.2 Å². The number of rotatable bonds is 3.